The Kier molecular flexibility index (Phi) is 15.0. The normalized spacial score (nSPS) is 40.6. The van der Waals surface area contributed by atoms with E-state index in [9.17, 15) is 24.9 Å². The lowest BCUT2D eigenvalue weighted by molar-refractivity contribution is -0.323. The molecule has 12 nitrogen and oxygen atoms in total. The highest BCUT2D eigenvalue weighted by atomic mass is 16.6. The van der Waals surface area contributed by atoms with Crippen LogP contribution in [0.15, 0.2) is 30.3 Å². The van der Waals surface area contributed by atoms with E-state index >= 15 is 0 Å². The number of unbranched alkanes of at least 4 members (excludes halogenated alkanes) is 13. The molecule has 1 aliphatic heterocycles. The quantitative estimate of drug-likeness (QED) is 0.0769. The molecule has 1 spiro atoms. The van der Waals surface area contributed by atoms with E-state index in [1.54, 1.807) is 45.6 Å². The van der Waals surface area contributed by atoms with Crippen LogP contribution >= 0.6 is 0 Å². The molecule has 61 heavy (non-hydrogen) atoms. The van der Waals surface area contributed by atoms with Crippen LogP contribution in [0.1, 0.15) is 133 Å². The second kappa shape index (κ2) is 19.5. The van der Waals surface area contributed by atoms with Crippen molar-refractivity contribution < 1.29 is 53.3 Å². The summed E-state index contributed by atoms with van der Waals surface area (Å²) in [6.07, 6.45) is 11.4. The van der Waals surface area contributed by atoms with Gasteiger partial charge in [-0.15, -0.1) is 0 Å². The summed E-state index contributed by atoms with van der Waals surface area (Å²) in [6.45, 7) is 5.69. The van der Waals surface area contributed by atoms with E-state index in [1.807, 2.05) is 6.07 Å². The maximum atomic E-state index is 14.6. The van der Waals surface area contributed by atoms with Crippen molar-refractivity contribution in [3.8, 4) is 0 Å². The van der Waals surface area contributed by atoms with Crippen LogP contribution in [-0.4, -0.2) is 134 Å². The van der Waals surface area contributed by atoms with Crippen molar-refractivity contribution in [2.75, 3.05) is 48.1 Å². The maximum Gasteiger partial charge on any atom is 0.338 e. The lowest BCUT2D eigenvalue weighted by atomic mass is 9.42. The second-order valence-electron chi connectivity index (χ2n) is 19.6. The van der Waals surface area contributed by atoms with Gasteiger partial charge in [0.25, 0.3) is 0 Å². The molecule has 7 bridgehead atoms. The molecular weight excluding hydrogens is 779 g/mol. The monoisotopic (exact) mass is 856 g/mol. The number of fused-ring (bicyclic) bond motifs is 2. The molecule has 344 valence electrons. The summed E-state index contributed by atoms with van der Waals surface area (Å²) in [5.74, 6) is -3.47. The van der Waals surface area contributed by atoms with Crippen LogP contribution in [-0.2, 0) is 33.2 Å². The number of aliphatic hydroxyl groups is 3. The first kappa shape index (κ1) is 46.8. The van der Waals surface area contributed by atoms with Crippen LogP contribution in [0.5, 0.6) is 0 Å². The number of rotatable bonds is 24. The number of carbonyl (C=O) groups excluding carboxylic acids is 2. The Morgan fingerprint density at radius 1 is 0.787 bits per heavy atom. The van der Waals surface area contributed by atoms with Gasteiger partial charge in [0.05, 0.1) is 30.5 Å². The van der Waals surface area contributed by atoms with Crippen molar-refractivity contribution in [3.05, 3.63) is 35.9 Å². The highest BCUT2D eigenvalue weighted by molar-refractivity contribution is 5.89. The summed E-state index contributed by atoms with van der Waals surface area (Å²) in [5.41, 5.74) is -4.82. The van der Waals surface area contributed by atoms with Gasteiger partial charge in [0.2, 0.25) is 0 Å². The summed E-state index contributed by atoms with van der Waals surface area (Å²) in [6, 6.07) is 8.32. The number of hydrogen-bond donors (Lipinski definition) is 3. The smallest absolute Gasteiger partial charge is 0.338 e. The lowest BCUT2D eigenvalue weighted by Crippen LogP contribution is -2.81. The molecule has 5 saturated carbocycles. The fraction of sp³-hybridized carbons (Fsp3) is 0.837. The number of benzene rings is 1. The zero-order valence-corrected chi connectivity index (χ0v) is 37.9. The first-order valence-electron chi connectivity index (χ1n) is 23.9. The van der Waals surface area contributed by atoms with Crippen LogP contribution in [0.4, 0.5) is 0 Å². The largest absolute Gasteiger partial charge is 0.455 e. The van der Waals surface area contributed by atoms with Crippen LogP contribution in [0.2, 0.25) is 0 Å². The zero-order valence-electron chi connectivity index (χ0n) is 37.9. The van der Waals surface area contributed by atoms with Crippen molar-refractivity contribution in [2.24, 2.45) is 34.5 Å². The number of likely N-dealkylation sites (tertiary alicyclic amines) is 1. The Morgan fingerprint density at radius 2 is 1.41 bits per heavy atom. The number of ether oxygens (including phenoxy) is 6. The highest BCUT2D eigenvalue weighted by Crippen LogP contribution is 2.80. The third-order valence-corrected chi connectivity index (χ3v) is 16.9. The maximum absolute atomic E-state index is 14.6. The van der Waals surface area contributed by atoms with Gasteiger partial charge in [-0.2, -0.15) is 0 Å². The molecular formula is C49H77NO11. The Hall–Kier alpha value is -2.16. The average Bonchev–Trinajstić information content (AvgIpc) is 3.64. The van der Waals surface area contributed by atoms with Gasteiger partial charge in [-0.3, -0.25) is 9.69 Å². The molecule has 0 aromatic heterocycles. The van der Waals surface area contributed by atoms with Gasteiger partial charge in [0, 0.05) is 82.5 Å². The Bertz CT molecular complexity index is 1620. The van der Waals surface area contributed by atoms with Gasteiger partial charge in [-0.25, -0.2) is 4.79 Å². The van der Waals surface area contributed by atoms with E-state index < -0.39 is 88.3 Å². The van der Waals surface area contributed by atoms with Gasteiger partial charge in [0.1, 0.15) is 23.9 Å². The molecule has 15 atom stereocenters. The third-order valence-electron chi connectivity index (χ3n) is 16.9. The van der Waals surface area contributed by atoms with Gasteiger partial charge in [-0.1, -0.05) is 116 Å². The zero-order chi connectivity index (χ0) is 43.6. The van der Waals surface area contributed by atoms with Crippen LogP contribution < -0.4 is 0 Å². The van der Waals surface area contributed by atoms with Gasteiger partial charge >= 0.3 is 11.9 Å². The predicted octanol–water partition coefficient (Wildman–Crippen LogP) is 6.50. The molecule has 1 aromatic rings. The number of nitrogens with zero attached hydrogens (tertiary/aromatic N) is 1. The van der Waals surface area contributed by atoms with E-state index in [0.717, 1.165) is 19.3 Å². The van der Waals surface area contributed by atoms with Crippen molar-refractivity contribution in [3.63, 3.8) is 0 Å². The Balaban J connectivity index is 1.20. The summed E-state index contributed by atoms with van der Waals surface area (Å²) < 4.78 is 38.7. The van der Waals surface area contributed by atoms with Crippen LogP contribution in [0.25, 0.3) is 0 Å². The van der Waals surface area contributed by atoms with Crippen LogP contribution in [0.3, 0.4) is 0 Å². The van der Waals surface area contributed by atoms with E-state index in [1.165, 1.54) is 71.3 Å². The SMILES string of the molecule is CCCCCCCCCCCCCCCCC(=O)O[C@]12[C@H]3[C@@H](OC(=O)c4ccccc4)[C@@](O)(C[C@H]3[C@@]34[C@@H](OC)C[C@@H](O)[C@@]5(COC)CN(CC)[C@@H]3[C@@H]1[C@H](OC)[C@H]54)[C@@H](OC)[C@@H]2O. The van der Waals surface area contributed by atoms with E-state index in [-0.39, 0.29) is 31.4 Å². The number of esters is 2. The molecule has 0 amide bonds. The van der Waals surface area contributed by atoms with Crippen molar-refractivity contribution >= 4 is 11.9 Å². The number of carbonyl (C=O) groups is 2. The molecule has 1 aromatic carbocycles. The second-order valence-corrected chi connectivity index (χ2v) is 19.6. The first-order valence-corrected chi connectivity index (χ1v) is 23.9. The minimum atomic E-state index is -1.84. The summed E-state index contributed by atoms with van der Waals surface area (Å²) in [7, 11) is 6.42. The van der Waals surface area contributed by atoms with E-state index in [0.29, 0.717) is 31.5 Å². The molecule has 3 N–H and O–H groups in total. The van der Waals surface area contributed by atoms with Crippen molar-refractivity contribution in [2.45, 2.75) is 177 Å². The number of methoxy groups -OCH3 is 4. The minimum Gasteiger partial charge on any atom is -0.455 e. The first-order chi connectivity index (χ1) is 29.5. The molecule has 7 rings (SSSR count). The third kappa shape index (κ3) is 7.52. The Labute approximate surface area is 364 Å². The van der Waals surface area contributed by atoms with E-state index in [2.05, 4.69) is 18.7 Å². The fourth-order valence-electron chi connectivity index (χ4n) is 14.8. The molecule has 12 heteroatoms. The molecule has 0 unspecified atom stereocenters. The topological polar surface area (TPSA) is 153 Å². The molecule has 6 aliphatic rings. The summed E-state index contributed by atoms with van der Waals surface area (Å²) in [4.78, 5) is 31.0. The standard InChI is InChI=1S/C49H77NO11/c1-7-9-10-11-12-13-14-15-16-17-18-19-20-24-27-36(52)61-49-37-33(29-47(55,44(59-6)42(49)53)43(37)60-45(54)32-25-22-21-23-26-32)48-35(57-4)28-34(51)46(31-56-3)30-50(8-2)41(48)38(49)39(58-5)40(46)48/h21-23,25-26,33-35,37-44,51,53,55H,7-20,24,27-31H2,1-6H3/t33-,34-,35+,37-,38+,39+,40-,41-,42+,43-,44+,46+,47+,48+,49-/m1/s1. The molecule has 6 fully saturated rings. The number of hydrogen-bond acceptors (Lipinski definition) is 12. The van der Waals surface area contributed by atoms with Gasteiger partial charge < -0.3 is 43.7 Å². The van der Waals surface area contributed by atoms with E-state index in [4.69, 9.17) is 28.4 Å². The van der Waals surface area contributed by atoms with Gasteiger partial charge in [-0.05, 0) is 37.4 Å². The minimum absolute atomic E-state index is 0.0882. The van der Waals surface area contributed by atoms with Crippen molar-refractivity contribution in [1.29, 1.82) is 0 Å². The van der Waals surface area contributed by atoms with Gasteiger partial charge in [0.15, 0.2) is 5.60 Å². The molecule has 1 saturated heterocycles. The van der Waals surface area contributed by atoms with Crippen LogP contribution in [0, 0.1) is 34.5 Å². The Morgan fingerprint density at radius 3 is 1.97 bits per heavy atom. The highest BCUT2D eigenvalue weighted by Gasteiger charge is 2.92. The molecule has 5 aliphatic carbocycles. The fourth-order valence-corrected chi connectivity index (χ4v) is 14.8. The lowest BCUT2D eigenvalue weighted by Gasteiger charge is -2.70. The molecule has 0 radical (unpaired) electrons. The predicted molar refractivity (Wildman–Crippen MR) is 230 cm³/mol. The van der Waals surface area contributed by atoms with Crippen molar-refractivity contribution in [1.82, 2.24) is 4.90 Å². The summed E-state index contributed by atoms with van der Waals surface area (Å²) in [5, 5.41) is 38.4. The number of aliphatic hydroxyl groups excluding tert-OH is 2. The number of piperidine rings is 1. The molecule has 1 heterocycles. The average molecular weight is 856 g/mol. The summed E-state index contributed by atoms with van der Waals surface area (Å²) >= 11 is 0.